The summed E-state index contributed by atoms with van der Waals surface area (Å²) in [6.45, 7) is 9.96. The Morgan fingerprint density at radius 2 is 2.00 bits per heavy atom. The molecular formula is C15H26N6O2. The Kier molecular flexibility index (Phi) is 5.23. The first-order valence-corrected chi connectivity index (χ1v) is 8.04. The number of carboxylic acids is 1. The van der Waals surface area contributed by atoms with Gasteiger partial charge in [-0.2, -0.15) is 15.0 Å². The van der Waals surface area contributed by atoms with Crippen molar-refractivity contribution < 1.29 is 9.90 Å². The fourth-order valence-electron chi connectivity index (χ4n) is 2.50. The standard InChI is InChI=1S/C15H26N6O2/c1-5-16-12-17-13(20-15(2,3)4)19-14(18-12)21-8-6-7-10(9-21)11(22)23/h10H,5-9H2,1-4H3,(H,22,23)(H2,16,17,18,19,20). The summed E-state index contributed by atoms with van der Waals surface area (Å²) in [7, 11) is 0. The largest absolute Gasteiger partial charge is 0.481 e. The molecule has 1 aromatic heterocycles. The number of hydrogen-bond donors (Lipinski definition) is 3. The lowest BCUT2D eigenvalue weighted by atomic mass is 9.99. The number of anilines is 3. The Hall–Kier alpha value is -2.12. The van der Waals surface area contributed by atoms with Crippen molar-refractivity contribution in [2.75, 3.05) is 35.2 Å². The van der Waals surface area contributed by atoms with Crippen molar-refractivity contribution in [1.82, 2.24) is 15.0 Å². The molecule has 3 N–H and O–H groups in total. The second-order valence-corrected chi connectivity index (χ2v) is 6.81. The zero-order chi connectivity index (χ0) is 17.0. The number of aliphatic carboxylic acids is 1. The first kappa shape index (κ1) is 17.2. The summed E-state index contributed by atoms with van der Waals surface area (Å²) in [6.07, 6.45) is 1.52. The molecule has 0 aliphatic carbocycles. The highest BCUT2D eigenvalue weighted by molar-refractivity contribution is 5.71. The van der Waals surface area contributed by atoms with Gasteiger partial charge in [-0.1, -0.05) is 0 Å². The van der Waals surface area contributed by atoms with Crippen LogP contribution in [0.25, 0.3) is 0 Å². The molecule has 1 aromatic rings. The van der Waals surface area contributed by atoms with Crippen molar-refractivity contribution >= 4 is 23.8 Å². The highest BCUT2D eigenvalue weighted by atomic mass is 16.4. The maximum Gasteiger partial charge on any atom is 0.308 e. The van der Waals surface area contributed by atoms with E-state index in [-0.39, 0.29) is 11.5 Å². The van der Waals surface area contributed by atoms with Crippen LogP contribution in [-0.4, -0.2) is 51.2 Å². The van der Waals surface area contributed by atoms with Crippen LogP contribution in [0.2, 0.25) is 0 Å². The molecule has 0 spiro atoms. The highest BCUT2D eigenvalue weighted by Gasteiger charge is 2.27. The predicted octanol–water partition coefficient (Wildman–Crippen LogP) is 1.81. The van der Waals surface area contributed by atoms with Gasteiger partial charge in [-0.25, -0.2) is 0 Å². The van der Waals surface area contributed by atoms with Crippen molar-refractivity contribution in [2.45, 2.75) is 46.1 Å². The molecule has 8 nitrogen and oxygen atoms in total. The lowest BCUT2D eigenvalue weighted by Crippen LogP contribution is -2.40. The molecule has 23 heavy (non-hydrogen) atoms. The number of aromatic nitrogens is 3. The fraction of sp³-hybridized carbons (Fsp3) is 0.733. The van der Waals surface area contributed by atoms with Crippen molar-refractivity contribution in [2.24, 2.45) is 5.92 Å². The minimum atomic E-state index is -0.760. The number of hydrogen-bond acceptors (Lipinski definition) is 7. The van der Waals surface area contributed by atoms with E-state index in [9.17, 15) is 9.90 Å². The maximum absolute atomic E-state index is 11.3. The summed E-state index contributed by atoms with van der Waals surface area (Å²) in [5.41, 5.74) is -0.173. The van der Waals surface area contributed by atoms with Gasteiger partial charge in [0.1, 0.15) is 0 Å². The van der Waals surface area contributed by atoms with Crippen LogP contribution < -0.4 is 15.5 Å². The molecule has 2 rings (SSSR count). The molecule has 1 aliphatic rings. The zero-order valence-electron chi connectivity index (χ0n) is 14.3. The van der Waals surface area contributed by atoms with Crippen molar-refractivity contribution in [3.63, 3.8) is 0 Å². The molecule has 0 bridgehead atoms. The van der Waals surface area contributed by atoms with Gasteiger partial charge >= 0.3 is 5.97 Å². The Morgan fingerprint density at radius 3 is 2.61 bits per heavy atom. The summed E-state index contributed by atoms with van der Waals surface area (Å²) in [4.78, 5) is 26.5. The highest BCUT2D eigenvalue weighted by Crippen LogP contribution is 2.23. The van der Waals surface area contributed by atoms with Crippen LogP contribution >= 0.6 is 0 Å². The third kappa shape index (κ3) is 4.94. The van der Waals surface area contributed by atoms with Crippen LogP contribution in [0.5, 0.6) is 0 Å². The molecule has 1 unspecified atom stereocenters. The van der Waals surface area contributed by atoms with Crippen LogP contribution in [0.15, 0.2) is 0 Å². The summed E-state index contributed by atoms with van der Waals surface area (Å²) in [5.74, 6) is 0.386. The summed E-state index contributed by atoms with van der Waals surface area (Å²) in [5, 5.41) is 15.6. The van der Waals surface area contributed by atoms with Crippen molar-refractivity contribution in [3.05, 3.63) is 0 Å². The molecule has 1 aliphatic heterocycles. The molecule has 1 fully saturated rings. The first-order chi connectivity index (χ1) is 10.8. The van der Waals surface area contributed by atoms with E-state index in [1.54, 1.807) is 0 Å². The Labute approximate surface area is 136 Å². The van der Waals surface area contributed by atoms with Crippen LogP contribution in [0.1, 0.15) is 40.5 Å². The fourth-order valence-corrected chi connectivity index (χ4v) is 2.50. The van der Waals surface area contributed by atoms with Crippen LogP contribution in [-0.2, 0) is 4.79 Å². The lowest BCUT2D eigenvalue weighted by molar-refractivity contribution is -0.141. The minimum Gasteiger partial charge on any atom is -0.481 e. The van der Waals surface area contributed by atoms with E-state index in [1.165, 1.54) is 0 Å². The molecule has 0 radical (unpaired) electrons. The molecule has 0 aromatic carbocycles. The van der Waals surface area contributed by atoms with Gasteiger partial charge in [-0.15, -0.1) is 0 Å². The monoisotopic (exact) mass is 322 g/mol. The average molecular weight is 322 g/mol. The Morgan fingerprint density at radius 1 is 1.30 bits per heavy atom. The van der Waals surface area contributed by atoms with Crippen molar-refractivity contribution in [1.29, 1.82) is 0 Å². The normalized spacial score (nSPS) is 18.6. The second kappa shape index (κ2) is 6.97. The molecule has 128 valence electrons. The number of nitrogens with one attached hydrogen (secondary N) is 2. The third-order valence-corrected chi connectivity index (χ3v) is 3.50. The first-order valence-electron chi connectivity index (χ1n) is 8.04. The maximum atomic E-state index is 11.3. The number of nitrogens with zero attached hydrogens (tertiary/aromatic N) is 4. The molecule has 1 atom stereocenters. The van der Waals surface area contributed by atoms with E-state index in [2.05, 4.69) is 25.6 Å². The van der Waals surface area contributed by atoms with Crippen LogP contribution in [0, 0.1) is 5.92 Å². The van der Waals surface area contributed by atoms with E-state index < -0.39 is 5.97 Å². The number of carbonyl (C=O) groups is 1. The Balaban J connectivity index is 2.27. The number of rotatable bonds is 5. The zero-order valence-corrected chi connectivity index (χ0v) is 14.3. The summed E-state index contributed by atoms with van der Waals surface area (Å²) in [6, 6.07) is 0. The van der Waals surface area contributed by atoms with Crippen LogP contribution in [0.3, 0.4) is 0 Å². The topological polar surface area (TPSA) is 103 Å². The third-order valence-electron chi connectivity index (χ3n) is 3.50. The molecule has 2 heterocycles. The second-order valence-electron chi connectivity index (χ2n) is 6.81. The van der Waals surface area contributed by atoms with E-state index in [4.69, 9.17) is 0 Å². The van der Waals surface area contributed by atoms with Gasteiger partial charge in [-0.3, -0.25) is 4.79 Å². The van der Waals surface area contributed by atoms with Gasteiger partial charge in [0.25, 0.3) is 0 Å². The average Bonchev–Trinajstić information content (AvgIpc) is 2.45. The van der Waals surface area contributed by atoms with Gasteiger partial charge in [0.2, 0.25) is 17.8 Å². The van der Waals surface area contributed by atoms with Gasteiger partial charge in [0.05, 0.1) is 5.92 Å². The SMILES string of the molecule is CCNc1nc(NC(C)(C)C)nc(N2CCCC(C(=O)O)C2)n1. The predicted molar refractivity (Wildman–Crippen MR) is 89.9 cm³/mol. The van der Waals surface area contributed by atoms with Crippen LogP contribution in [0.4, 0.5) is 17.8 Å². The number of carboxylic acid groups (broad SMARTS) is 1. The molecule has 8 heteroatoms. The smallest absolute Gasteiger partial charge is 0.308 e. The Bertz CT molecular complexity index is 557. The lowest BCUT2D eigenvalue weighted by Gasteiger charge is -2.31. The molecule has 0 amide bonds. The van der Waals surface area contributed by atoms with Gasteiger partial charge in [-0.05, 0) is 40.5 Å². The van der Waals surface area contributed by atoms with Gasteiger partial charge in [0.15, 0.2) is 0 Å². The van der Waals surface area contributed by atoms with Crippen molar-refractivity contribution in [3.8, 4) is 0 Å². The van der Waals surface area contributed by atoms with Gasteiger partial charge < -0.3 is 20.6 Å². The summed E-state index contributed by atoms with van der Waals surface area (Å²) < 4.78 is 0. The minimum absolute atomic E-state index is 0.173. The number of piperidine rings is 1. The van der Waals surface area contributed by atoms with E-state index in [1.807, 2.05) is 32.6 Å². The summed E-state index contributed by atoms with van der Waals surface area (Å²) >= 11 is 0. The molecular weight excluding hydrogens is 296 g/mol. The molecule has 0 saturated carbocycles. The van der Waals surface area contributed by atoms with E-state index in [0.29, 0.717) is 37.4 Å². The van der Waals surface area contributed by atoms with E-state index in [0.717, 1.165) is 13.0 Å². The quantitative estimate of drug-likeness (QED) is 0.754. The van der Waals surface area contributed by atoms with E-state index >= 15 is 0 Å². The molecule has 1 saturated heterocycles. The van der Waals surface area contributed by atoms with Gasteiger partial charge in [0, 0.05) is 25.2 Å².